The molecular weight excluding hydrogens is 488 g/mol. The number of hydrogen-bond acceptors (Lipinski definition) is 6. The van der Waals surface area contributed by atoms with Crippen molar-refractivity contribution in [3.8, 4) is 0 Å². The van der Waals surface area contributed by atoms with Crippen LogP contribution in [-0.4, -0.2) is 55.0 Å². The lowest BCUT2D eigenvalue weighted by atomic mass is 9.79. The summed E-state index contributed by atoms with van der Waals surface area (Å²) in [4.78, 5) is 7.41. The minimum absolute atomic E-state index is 0.0386. The third-order valence-electron chi connectivity index (χ3n) is 7.95. The third kappa shape index (κ3) is 6.52. The minimum atomic E-state index is -0.238. The number of fused-ring (bicyclic) bond motifs is 1. The maximum atomic E-state index is 6.71. The van der Waals surface area contributed by atoms with Crippen LogP contribution in [0.2, 0.25) is 0 Å². The van der Waals surface area contributed by atoms with Crippen LogP contribution in [-0.2, 0) is 38.8 Å². The number of hydrogen-bond donors (Lipinski definition) is 0. The minimum Gasteiger partial charge on any atom is -0.459 e. The van der Waals surface area contributed by atoms with Crippen molar-refractivity contribution in [1.29, 1.82) is 0 Å². The normalized spacial score (nSPS) is 26.2. The molecule has 5 atom stereocenters. The topological polar surface area (TPSA) is 52.5 Å². The predicted octanol–water partition coefficient (Wildman–Crippen LogP) is 5.61. The lowest BCUT2D eigenvalue weighted by Gasteiger charge is -2.42. The molecule has 0 amide bonds. The van der Waals surface area contributed by atoms with Crippen molar-refractivity contribution >= 4 is 6.02 Å². The van der Waals surface area contributed by atoms with Crippen molar-refractivity contribution in [3.05, 3.63) is 108 Å². The molecule has 6 nitrogen and oxygen atoms in total. The van der Waals surface area contributed by atoms with E-state index in [-0.39, 0.29) is 30.3 Å². The summed E-state index contributed by atoms with van der Waals surface area (Å²) in [5, 5.41) is 0. The van der Waals surface area contributed by atoms with Gasteiger partial charge in [-0.2, -0.15) is 0 Å². The lowest BCUT2D eigenvalue weighted by molar-refractivity contribution is -0.162. The Morgan fingerprint density at radius 3 is 1.82 bits per heavy atom. The highest BCUT2D eigenvalue weighted by molar-refractivity contribution is 5.76. The molecule has 1 aliphatic carbocycles. The number of benzene rings is 3. The Morgan fingerprint density at radius 2 is 1.23 bits per heavy atom. The summed E-state index contributed by atoms with van der Waals surface area (Å²) in [5.41, 5.74) is 3.46. The summed E-state index contributed by atoms with van der Waals surface area (Å²) in [7, 11) is 0. The van der Waals surface area contributed by atoms with Gasteiger partial charge in [0.15, 0.2) is 0 Å². The highest BCUT2D eigenvalue weighted by atomic mass is 16.6. The Hall–Kier alpha value is -3.19. The van der Waals surface area contributed by atoms with Gasteiger partial charge in [0.1, 0.15) is 18.2 Å². The highest BCUT2D eigenvalue weighted by Crippen LogP contribution is 2.38. The van der Waals surface area contributed by atoms with Crippen LogP contribution in [0, 0.1) is 5.92 Å². The van der Waals surface area contributed by atoms with Gasteiger partial charge in [-0.05, 0) is 36.0 Å². The van der Waals surface area contributed by atoms with Crippen molar-refractivity contribution in [2.24, 2.45) is 10.9 Å². The Morgan fingerprint density at radius 1 is 0.692 bits per heavy atom. The zero-order valence-electron chi connectivity index (χ0n) is 22.4. The quantitative estimate of drug-likeness (QED) is 0.344. The van der Waals surface area contributed by atoms with Crippen molar-refractivity contribution < 1.29 is 18.9 Å². The molecule has 2 fully saturated rings. The van der Waals surface area contributed by atoms with E-state index in [1.807, 2.05) is 42.5 Å². The van der Waals surface area contributed by atoms with Gasteiger partial charge in [-0.1, -0.05) is 91.0 Å². The number of ether oxygens (including phenoxy) is 4. The van der Waals surface area contributed by atoms with Crippen LogP contribution in [0.15, 0.2) is 96.0 Å². The molecule has 3 aromatic rings. The van der Waals surface area contributed by atoms with Crippen LogP contribution >= 0.6 is 0 Å². The molecule has 0 bridgehead atoms. The zero-order chi connectivity index (χ0) is 26.3. The van der Waals surface area contributed by atoms with E-state index in [2.05, 4.69) is 53.4 Å². The second-order valence-electron chi connectivity index (χ2n) is 10.8. The Labute approximate surface area is 231 Å². The van der Waals surface area contributed by atoms with E-state index in [9.17, 15) is 0 Å². The van der Waals surface area contributed by atoms with Crippen molar-refractivity contribution in [2.45, 2.75) is 63.4 Å². The SMILES string of the molecule is c1ccc(COC[C@H]2C[C@@H]3OC(N4CCCC4)=N[C@@H]3[C@@H](OCc3ccccc3)[C@@H]2OCc2ccccc2)cc1. The molecule has 3 aliphatic rings. The summed E-state index contributed by atoms with van der Waals surface area (Å²) in [6.45, 7) is 4.18. The molecule has 0 radical (unpaired) electrons. The van der Waals surface area contributed by atoms with Gasteiger partial charge in [-0.25, -0.2) is 4.99 Å². The van der Waals surface area contributed by atoms with Crippen LogP contribution in [0.25, 0.3) is 0 Å². The van der Waals surface area contributed by atoms with Gasteiger partial charge in [0.25, 0.3) is 6.02 Å². The molecule has 2 aliphatic heterocycles. The molecule has 0 spiro atoms. The molecule has 39 heavy (non-hydrogen) atoms. The molecule has 1 saturated heterocycles. The molecule has 204 valence electrons. The van der Waals surface area contributed by atoms with E-state index in [1.165, 1.54) is 18.4 Å². The average molecular weight is 527 g/mol. The Balaban J connectivity index is 1.24. The molecular formula is C33H38N2O4. The van der Waals surface area contributed by atoms with Gasteiger partial charge >= 0.3 is 0 Å². The van der Waals surface area contributed by atoms with Gasteiger partial charge in [0, 0.05) is 19.0 Å². The largest absolute Gasteiger partial charge is 0.459 e. The monoisotopic (exact) mass is 526 g/mol. The number of nitrogens with zero attached hydrogens (tertiary/aromatic N) is 2. The summed E-state index contributed by atoms with van der Waals surface area (Å²) < 4.78 is 26.2. The number of likely N-dealkylation sites (tertiary alicyclic amines) is 1. The molecule has 6 rings (SSSR count). The smallest absolute Gasteiger partial charge is 0.288 e. The van der Waals surface area contributed by atoms with E-state index >= 15 is 0 Å². The molecule has 0 N–H and O–H groups in total. The molecule has 1 saturated carbocycles. The molecule has 3 aromatic carbocycles. The highest BCUT2D eigenvalue weighted by Gasteiger charge is 2.51. The van der Waals surface area contributed by atoms with E-state index in [1.54, 1.807) is 0 Å². The fourth-order valence-corrected chi connectivity index (χ4v) is 5.90. The maximum Gasteiger partial charge on any atom is 0.288 e. The number of amidine groups is 1. The lowest BCUT2D eigenvalue weighted by Crippen LogP contribution is -2.55. The third-order valence-corrected chi connectivity index (χ3v) is 7.95. The maximum absolute atomic E-state index is 6.71. The summed E-state index contributed by atoms with van der Waals surface area (Å²) in [6, 6.07) is 31.7. The summed E-state index contributed by atoms with van der Waals surface area (Å²) in [6.07, 6.45) is 2.75. The number of rotatable bonds is 10. The van der Waals surface area contributed by atoms with Gasteiger partial charge < -0.3 is 23.8 Å². The first kappa shape index (κ1) is 26.1. The van der Waals surface area contributed by atoms with E-state index < -0.39 is 0 Å². The first-order chi connectivity index (χ1) is 19.3. The number of aliphatic imine (C=N–C) groups is 1. The van der Waals surface area contributed by atoms with Crippen LogP contribution in [0.1, 0.15) is 36.0 Å². The first-order valence-electron chi connectivity index (χ1n) is 14.3. The Bertz CT molecular complexity index is 1180. The fraction of sp³-hybridized carbons (Fsp3) is 0.424. The predicted molar refractivity (Wildman–Crippen MR) is 151 cm³/mol. The van der Waals surface area contributed by atoms with Crippen molar-refractivity contribution in [3.63, 3.8) is 0 Å². The van der Waals surface area contributed by atoms with E-state index in [4.69, 9.17) is 23.9 Å². The Kier molecular flexibility index (Phi) is 8.53. The van der Waals surface area contributed by atoms with E-state index in [0.29, 0.717) is 26.4 Å². The van der Waals surface area contributed by atoms with Crippen molar-refractivity contribution in [1.82, 2.24) is 4.90 Å². The fourth-order valence-electron chi connectivity index (χ4n) is 5.90. The second kappa shape index (κ2) is 12.8. The molecule has 6 heteroatoms. The van der Waals surface area contributed by atoms with E-state index in [0.717, 1.165) is 36.7 Å². The van der Waals surface area contributed by atoms with Crippen LogP contribution in [0.4, 0.5) is 0 Å². The van der Waals surface area contributed by atoms with Gasteiger partial charge in [-0.3, -0.25) is 0 Å². The standard InChI is InChI=1S/C33H38N2O4/c1-4-12-25(13-5-1)21-36-24-28-20-29-30(34-33(39-29)35-18-10-11-19-35)32(38-23-27-16-8-3-9-17-27)31(28)37-22-26-14-6-2-7-15-26/h1-9,12-17,28-32H,10-11,18-24H2/t28-,29+,30+,31-,32-/m1/s1. The van der Waals surface area contributed by atoms with Crippen molar-refractivity contribution in [2.75, 3.05) is 19.7 Å². The van der Waals surface area contributed by atoms with Gasteiger partial charge in [-0.15, -0.1) is 0 Å². The molecule has 2 heterocycles. The van der Waals surface area contributed by atoms with Crippen LogP contribution in [0.3, 0.4) is 0 Å². The molecule has 0 aromatic heterocycles. The van der Waals surface area contributed by atoms with Gasteiger partial charge in [0.05, 0.1) is 32.5 Å². The second-order valence-corrected chi connectivity index (χ2v) is 10.8. The summed E-state index contributed by atoms with van der Waals surface area (Å²) in [5.74, 6) is 0.118. The van der Waals surface area contributed by atoms with Crippen LogP contribution in [0.5, 0.6) is 0 Å². The summed E-state index contributed by atoms with van der Waals surface area (Å²) >= 11 is 0. The zero-order valence-corrected chi connectivity index (χ0v) is 22.4. The molecule has 0 unspecified atom stereocenters. The average Bonchev–Trinajstić information content (AvgIpc) is 3.67. The van der Waals surface area contributed by atoms with Crippen LogP contribution < -0.4 is 0 Å². The first-order valence-corrected chi connectivity index (χ1v) is 14.3. The van der Waals surface area contributed by atoms with Gasteiger partial charge in [0.2, 0.25) is 0 Å².